The van der Waals surface area contributed by atoms with Gasteiger partial charge in [-0.2, -0.15) is 0 Å². The standard InChI is InChI=1S/C11H24N4/c1-4-10(2)15(3)9-8-14-11-12-6-5-7-13-11/h10H,4-9H2,1-3H3,(H2,12,13,14). The van der Waals surface area contributed by atoms with Crippen LogP contribution in [0.2, 0.25) is 0 Å². The highest BCUT2D eigenvalue weighted by Gasteiger charge is 2.07. The number of aliphatic imine (C=N–C) groups is 1. The summed E-state index contributed by atoms with van der Waals surface area (Å²) in [7, 11) is 2.17. The lowest BCUT2D eigenvalue weighted by molar-refractivity contribution is 0.255. The van der Waals surface area contributed by atoms with E-state index in [1.165, 1.54) is 6.42 Å². The molecule has 0 amide bonds. The Morgan fingerprint density at radius 2 is 2.40 bits per heavy atom. The van der Waals surface area contributed by atoms with Crippen molar-refractivity contribution in [3.05, 3.63) is 0 Å². The summed E-state index contributed by atoms with van der Waals surface area (Å²) in [5.41, 5.74) is 0. The molecule has 0 aliphatic carbocycles. The number of rotatable bonds is 5. The summed E-state index contributed by atoms with van der Waals surface area (Å²) in [6.07, 6.45) is 2.35. The Morgan fingerprint density at radius 3 is 3.00 bits per heavy atom. The highest BCUT2D eigenvalue weighted by Crippen LogP contribution is 1.98. The van der Waals surface area contributed by atoms with Crippen LogP contribution >= 0.6 is 0 Å². The minimum absolute atomic E-state index is 0.660. The fraction of sp³-hybridized carbons (Fsp3) is 0.909. The van der Waals surface area contributed by atoms with Gasteiger partial charge in [-0.05, 0) is 26.8 Å². The Hall–Kier alpha value is -0.770. The van der Waals surface area contributed by atoms with Crippen LogP contribution in [-0.2, 0) is 0 Å². The topological polar surface area (TPSA) is 39.7 Å². The van der Waals surface area contributed by atoms with Gasteiger partial charge in [0, 0.05) is 32.2 Å². The van der Waals surface area contributed by atoms with Crippen molar-refractivity contribution in [2.45, 2.75) is 32.7 Å². The van der Waals surface area contributed by atoms with E-state index in [-0.39, 0.29) is 0 Å². The van der Waals surface area contributed by atoms with Gasteiger partial charge < -0.3 is 15.5 Å². The Balaban J connectivity index is 2.12. The van der Waals surface area contributed by atoms with E-state index in [2.05, 4.69) is 41.4 Å². The molecule has 1 aliphatic heterocycles. The van der Waals surface area contributed by atoms with Gasteiger partial charge in [-0.1, -0.05) is 6.92 Å². The van der Waals surface area contributed by atoms with Crippen molar-refractivity contribution >= 4 is 5.96 Å². The quantitative estimate of drug-likeness (QED) is 0.703. The Kier molecular flexibility index (Phi) is 5.47. The first kappa shape index (κ1) is 12.3. The maximum Gasteiger partial charge on any atom is 0.191 e. The molecule has 4 nitrogen and oxygen atoms in total. The molecular weight excluding hydrogens is 188 g/mol. The van der Waals surface area contributed by atoms with Crippen LogP contribution in [0.15, 0.2) is 4.99 Å². The fourth-order valence-corrected chi connectivity index (χ4v) is 1.53. The van der Waals surface area contributed by atoms with Crippen LogP contribution in [0.3, 0.4) is 0 Å². The number of nitrogens with zero attached hydrogens (tertiary/aromatic N) is 2. The Morgan fingerprint density at radius 1 is 1.60 bits per heavy atom. The average molecular weight is 212 g/mol. The summed E-state index contributed by atoms with van der Waals surface area (Å²) in [6.45, 7) is 8.52. The molecule has 1 atom stereocenters. The van der Waals surface area contributed by atoms with E-state index in [0.717, 1.165) is 38.6 Å². The van der Waals surface area contributed by atoms with Gasteiger partial charge in [-0.15, -0.1) is 0 Å². The molecule has 0 aromatic rings. The SMILES string of the molecule is CCC(C)N(C)CCNC1=NCCCN1. The van der Waals surface area contributed by atoms with Crippen LogP contribution in [0.4, 0.5) is 0 Å². The normalized spacial score (nSPS) is 18.3. The second kappa shape index (κ2) is 6.67. The van der Waals surface area contributed by atoms with Crippen LogP contribution in [0.5, 0.6) is 0 Å². The highest BCUT2D eigenvalue weighted by molar-refractivity contribution is 5.80. The van der Waals surface area contributed by atoms with Crippen molar-refractivity contribution in [3.63, 3.8) is 0 Å². The fourth-order valence-electron chi connectivity index (χ4n) is 1.53. The molecule has 88 valence electrons. The van der Waals surface area contributed by atoms with Crippen molar-refractivity contribution in [2.75, 3.05) is 33.2 Å². The minimum atomic E-state index is 0.660. The molecule has 0 radical (unpaired) electrons. The van der Waals surface area contributed by atoms with Gasteiger partial charge in [-0.3, -0.25) is 4.99 Å². The van der Waals surface area contributed by atoms with Gasteiger partial charge >= 0.3 is 0 Å². The van der Waals surface area contributed by atoms with Crippen LogP contribution < -0.4 is 10.6 Å². The molecule has 1 aliphatic rings. The second-order valence-electron chi connectivity index (χ2n) is 4.18. The lowest BCUT2D eigenvalue weighted by atomic mass is 10.2. The molecule has 1 heterocycles. The summed E-state index contributed by atoms with van der Waals surface area (Å²) in [5, 5.41) is 6.59. The van der Waals surface area contributed by atoms with E-state index in [4.69, 9.17) is 0 Å². The zero-order chi connectivity index (χ0) is 11.1. The van der Waals surface area contributed by atoms with Crippen molar-refractivity contribution < 1.29 is 0 Å². The minimum Gasteiger partial charge on any atom is -0.356 e. The van der Waals surface area contributed by atoms with Gasteiger partial charge in [0.05, 0.1) is 0 Å². The summed E-state index contributed by atoms with van der Waals surface area (Å²) in [5.74, 6) is 0.971. The third-order valence-corrected chi connectivity index (χ3v) is 3.00. The van der Waals surface area contributed by atoms with E-state index in [1.807, 2.05) is 0 Å². The zero-order valence-corrected chi connectivity index (χ0v) is 10.2. The van der Waals surface area contributed by atoms with Crippen molar-refractivity contribution in [3.8, 4) is 0 Å². The first-order valence-corrected chi connectivity index (χ1v) is 5.96. The summed E-state index contributed by atoms with van der Waals surface area (Å²) >= 11 is 0. The molecule has 4 heteroatoms. The molecule has 2 N–H and O–H groups in total. The molecule has 0 aromatic carbocycles. The monoisotopic (exact) mass is 212 g/mol. The van der Waals surface area contributed by atoms with Gasteiger partial charge in [0.25, 0.3) is 0 Å². The van der Waals surface area contributed by atoms with Gasteiger partial charge in [0.2, 0.25) is 0 Å². The molecule has 1 rings (SSSR count). The number of likely N-dealkylation sites (N-methyl/N-ethyl adjacent to an activating group) is 1. The molecule has 0 saturated heterocycles. The maximum atomic E-state index is 4.37. The first-order valence-electron chi connectivity index (χ1n) is 5.96. The zero-order valence-electron chi connectivity index (χ0n) is 10.2. The third-order valence-electron chi connectivity index (χ3n) is 3.00. The van der Waals surface area contributed by atoms with Crippen LogP contribution in [0.1, 0.15) is 26.7 Å². The third kappa shape index (κ3) is 4.51. The van der Waals surface area contributed by atoms with E-state index in [1.54, 1.807) is 0 Å². The van der Waals surface area contributed by atoms with Gasteiger partial charge in [0.15, 0.2) is 5.96 Å². The molecule has 0 bridgehead atoms. The number of guanidine groups is 1. The molecule has 0 saturated carbocycles. The smallest absolute Gasteiger partial charge is 0.191 e. The van der Waals surface area contributed by atoms with E-state index in [9.17, 15) is 0 Å². The Bertz CT molecular complexity index is 203. The lowest BCUT2D eigenvalue weighted by Crippen LogP contribution is -2.44. The lowest BCUT2D eigenvalue weighted by Gasteiger charge is -2.24. The first-order chi connectivity index (χ1) is 7.24. The molecule has 15 heavy (non-hydrogen) atoms. The van der Waals surface area contributed by atoms with Crippen LogP contribution in [-0.4, -0.2) is 50.1 Å². The van der Waals surface area contributed by atoms with Crippen molar-refractivity contribution in [1.29, 1.82) is 0 Å². The predicted molar refractivity (Wildman–Crippen MR) is 65.3 cm³/mol. The number of hydrogen-bond acceptors (Lipinski definition) is 4. The predicted octanol–water partition coefficient (Wildman–Crippen LogP) is 0.656. The average Bonchev–Trinajstić information content (AvgIpc) is 2.29. The second-order valence-corrected chi connectivity index (χ2v) is 4.18. The number of nitrogens with one attached hydrogen (secondary N) is 2. The molecule has 0 spiro atoms. The van der Waals surface area contributed by atoms with E-state index in [0.29, 0.717) is 6.04 Å². The molecule has 0 aromatic heterocycles. The largest absolute Gasteiger partial charge is 0.356 e. The van der Waals surface area contributed by atoms with E-state index < -0.39 is 0 Å². The van der Waals surface area contributed by atoms with E-state index >= 15 is 0 Å². The summed E-state index contributed by atoms with van der Waals surface area (Å²) in [6, 6.07) is 0.660. The highest BCUT2D eigenvalue weighted by atomic mass is 15.2. The van der Waals surface area contributed by atoms with Crippen LogP contribution in [0.25, 0.3) is 0 Å². The Labute approximate surface area is 93.1 Å². The maximum absolute atomic E-state index is 4.37. The molecule has 1 unspecified atom stereocenters. The van der Waals surface area contributed by atoms with Crippen LogP contribution in [0, 0.1) is 0 Å². The van der Waals surface area contributed by atoms with Gasteiger partial charge in [0.1, 0.15) is 0 Å². The molecule has 0 fully saturated rings. The summed E-state index contributed by atoms with van der Waals surface area (Å²) in [4.78, 5) is 6.74. The van der Waals surface area contributed by atoms with Gasteiger partial charge in [-0.25, -0.2) is 0 Å². The summed E-state index contributed by atoms with van der Waals surface area (Å²) < 4.78 is 0. The van der Waals surface area contributed by atoms with Crippen molar-refractivity contribution in [1.82, 2.24) is 15.5 Å². The number of hydrogen-bond donors (Lipinski definition) is 2. The van der Waals surface area contributed by atoms with Crippen molar-refractivity contribution in [2.24, 2.45) is 4.99 Å². The molecular formula is C11H24N4.